The van der Waals surface area contributed by atoms with Crippen LogP contribution >= 0.6 is 0 Å². The van der Waals surface area contributed by atoms with Crippen molar-refractivity contribution < 1.29 is 23.8 Å². The van der Waals surface area contributed by atoms with Gasteiger partial charge in [0.1, 0.15) is 11.4 Å². The van der Waals surface area contributed by atoms with Crippen molar-refractivity contribution in [1.29, 1.82) is 0 Å². The summed E-state index contributed by atoms with van der Waals surface area (Å²) in [6.07, 6.45) is 7.71. The Morgan fingerprint density at radius 3 is 2.33 bits per heavy atom. The lowest BCUT2D eigenvalue weighted by Gasteiger charge is -2.45. The number of nitrogens with zero attached hydrogens (tertiary/aromatic N) is 2. The zero-order valence-corrected chi connectivity index (χ0v) is 24.7. The Hall–Kier alpha value is -3.32. The zero-order valence-electron chi connectivity index (χ0n) is 24.7. The molecule has 40 heavy (non-hydrogen) atoms. The molecule has 2 atom stereocenters. The van der Waals surface area contributed by atoms with Gasteiger partial charge < -0.3 is 14.2 Å². The fourth-order valence-corrected chi connectivity index (χ4v) is 6.45. The van der Waals surface area contributed by atoms with Crippen LogP contribution in [0.3, 0.4) is 0 Å². The molecule has 214 valence electrons. The second-order valence-electron chi connectivity index (χ2n) is 12.4. The number of ether oxygens (including phenoxy) is 3. The molecule has 2 aliphatic rings. The van der Waals surface area contributed by atoms with Gasteiger partial charge in [-0.25, -0.2) is 9.59 Å². The van der Waals surface area contributed by atoms with Gasteiger partial charge in [0.05, 0.1) is 25.3 Å². The number of carbonyl (C=O) groups is 2. The molecule has 0 unspecified atom stereocenters. The third-order valence-corrected chi connectivity index (χ3v) is 8.69. The van der Waals surface area contributed by atoms with E-state index in [1.54, 1.807) is 17.9 Å². The molecule has 2 heterocycles. The maximum Gasteiger partial charge on any atom is 0.419 e. The smallest absolute Gasteiger partial charge is 0.419 e. The van der Waals surface area contributed by atoms with Crippen molar-refractivity contribution in [1.82, 2.24) is 9.47 Å². The molecule has 1 aliphatic heterocycles. The number of hydrogen-bond acceptors (Lipinski definition) is 6. The van der Waals surface area contributed by atoms with Crippen LogP contribution in [0.15, 0.2) is 42.6 Å². The van der Waals surface area contributed by atoms with Crippen LogP contribution in [0.2, 0.25) is 0 Å². The van der Waals surface area contributed by atoms with Crippen molar-refractivity contribution >= 4 is 23.0 Å². The first-order valence-corrected chi connectivity index (χ1v) is 14.4. The lowest BCUT2D eigenvalue weighted by Crippen LogP contribution is -2.39. The van der Waals surface area contributed by atoms with Gasteiger partial charge in [0.15, 0.2) is 0 Å². The minimum Gasteiger partial charge on any atom is -0.496 e. The van der Waals surface area contributed by atoms with Crippen molar-refractivity contribution in [3.8, 4) is 5.75 Å². The highest BCUT2D eigenvalue weighted by atomic mass is 16.6. The van der Waals surface area contributed by atoms with Crippen molar-refractivity contribution in [3.05, 3.63) is 64.8 Å². The number of piperidine rings is 1. The second kappa shape index (κ2) is 11.3. The zero-order chi connectivity index (χ0) is 28.6. The molecule has 1 saturated heterocycles. The molecule has 3 aromatic rings. The maximum atomic E-state index is 13.1. The van der Waals surface area contributed by atoms with E-state index in [9.17, 15) is 9.59 Å². The SMILES string of the molecule is COC(=O)c1ccc([C@H]2C[C@@H](C3CCC3)CCN2Cc2c(OC)cc(C)c3c2ccn3C(=O)OC(C)(C)C)cc1. The molecule has 1 saturated carbocycles. The van der Waals surface area contributed by atoms with Gasteiger partial charge in [-0.05, 0) is 94.3 Å². The molecule has 0 spiro atoms. The van der Waals surface area contributed by atoms with E-state index in [1.807, 2.05) is 52.0 Å². The standard InChI is InChI=1S/C33H42N2O5/c1-21-18-29(38-5)27(26-15-17-35(30(21)26)32(37)40-33(2,3)4)20-34-16-14-25(22-8-7-9-22)19-28(34)23-10-12-24(13-11-23)31(36)39-6/h10-13,15,17-18,22,25,28H,7-9,14,16,19-20H2,1-6H3/t25-,28+/m0/s1. The molecule has 2 aromatic carbocycles. The Morgan fingerprint density at radius 1 is 1.00 bits per heavy atom. The first-order chi connectivity index (χ1) is 19.1. The van der Waals surface area contributed by atoms with Crippen LogP contribution in [0.25, 0.3) is 10.9 Å². The van der Waals surface area contributed by atoms with Crippen molar-refractivity contribution in [2.75, 3.05) is 20.8 Å². The molecule has 2 fully saturated rings. The van der Waals surface area contributed by atoms with Gasteiger partial charge in [0.25, 0.3) is 0 Å². The summed E-state index contributed by atoms with van der Waals surface area (Å²) >= 11 is 0. The fourth-order valence-electron chi connectivity index (χ4n) is 6.45. The van der Waals surface area contributed by atoms with Gasteiger partial charge in [-0.3, -0.25) is 9.47 Å². The number of methoxy groups -OCH3 is 2. The van der Waals surface area contributed by atoms with Crippen molar-refractivity contribution in [2.24, 2.45) is 11.8 Å². The average molecular weight is 547 g/mol. The third kappa shape index (κ3) is 5.62. The number of aryl methyl sites for hydroxylation is 1. The molecule has 0 radical (unpaired) electrons. The van der Waals surface area contributed by atoms with Gasteiger partial charge in [-0.15, -0.1) is 0 Å². The van der Waals surface area contributed by atoms with E-state index >= 15 is 0 Å². The van der Waals surface area contributed by atoms with Gasteiger partial charge in [0.2, 0.25) is 0 Å². The number of aromatic nitrogens is 1. The summed E-state index contributed by atoms with van der Waals surface area (Å²) in [5.74, 6) is 2.04. The largest absolute Gasteiger partial charge is 0.496 e. The van der Waals surface area contributed by atoms with Crippen LogP contribution in [-0.4, -0.2) is 47.9 Å². The lowest BCUT2D eigenvalue weighted by molar-refractivity contribution is 0.0542. The summed E-state index contributed by atoms with van der Waals surface area (Å²) in [6, 6.07) is 12.2. The van der Waals surface area contributed by atoms with E-state index in [2.05, 4.69) is 17.0 Å². The molecule has 1 aliphatic carbocycles. The molecule has 7 heteroatoms. The van der Waals surface area contributed by atoms with E-state index in [4.69, 9.17) is 14.2 Å². The Bertz CT molecular complexity index is 1380. The van der Waals surface area contributed by atoms with Gasteiger partial charge >= 0.3 is 12.1 Å². The Morgan fingerprint density at radius 2 is 1.73 bits per heavy atom. The summed E-state index contributed by atoms with van der Waals surface area (Å²) in [5, 5.41) is 1.00. The highest BCUT2D eigenvalue weighted by Crippen LogP contribution is 2.45. The van der Waals surface area contributed by atoms with E-state index in [1.165, 1.54) is 38.4 Å². The van der Waals surface area contributed by atoms with Gasteiger partial charge in [-0.2, -0.15) is 0 Å². The van der Waals surface area contributed by atoms with Crippen LogP contribution in [0, 0.1) is 18.8 Å². The minimum absolute atomic E-state index is 0.222. The quantitative estimate of drug-likeness (QED) is 0.303. The Balaban J connectivity index is 1.50. The molecule has 7 nitrogen and oxygen atoms in total. The number of benzene rings is 2. The van der Waals surface area contributed by atoms with Crippen LogP contribution < -0.4 is 4.74 Å². The van der Waals surface area contributed by atoms with E-state index in [0.29, 0.717) is 18.0 Å². The average Bonchev–Trinajstić information content (AvgIpc) is 3.35. The van der Waals surface area contributed by atoms with E-state index < -0.39 is 5.60 Å². The predicted molar refractivity (Wildman–Crippen MR) is 156 cm³/mol. The van der Waals surface area contributed by atoms with Crippen LogP contribution in [-0.2, 0) is 16.0 Å². The van der Waals surface area contributed by atoms with Gasteiger partial charge in [0, 0.05) is 29.7 Å². The molecule has 1 aromatic heterocycles. The summed E-state index contributed by atoms with van der Waals surface area (Å²) in [5.41, 5.74) is 4.08. The van der Waals surface area contributed by atoms with Crippen LogP contribution in [0.1, 0.15) is 86.0 Å². The number of carbonyl (C=O) groups excluding carboxylic acids is 2. The summed E-state index contributed by atoms with van der Waals surface area (Å²) in [4.78, 5) is 27.7. The second-order valence-corrected chi connectivity index (χ2v) is 12.4. The number of likely N-dealkylation sites (tertiary alicyclic amines) is 1. The van der Waals surface area contributed by atoms with Gasteiger partial charge in [-0.1, -0.05) is 31.4 Å². The normalized spacial score (nSPS) is 20.2. The Kier molecular flexibility index (Phi) is 7.96. The molecular formula is C33H42N2O5. The lowest BCUT2D eigenvalue weighted by atomic mass is 9.70. The monoisotopic (exact) mass is 546 g/mol. The summed E-state index contributed by atoms with van der Waals surface area (Å²) in [6.45, 7) is 9.31. The topological polar surface area (TPSA) is 70.0 Å². The minimum atomic E-state index is -0.585. The molecule has 5 rings (SSSR count). The van der Waals surface area contributed by atoms with Crippen molar-refractivity contribution in [2.45, 2.75) is 78.0 Å². The molecular weight excluding hydrogens is 504 g/mol. The Labute approximate surface area is 237 Å². The number of fused-ring (bicyclic) bond motifs is 1. The van der Waals surface area contributed by atoms with Crippen LogP contribution in [0.4, 0.5) is 4.79 Å². The van der Waals surface area contributed by atoms with Crippen molar-refractivity contribution in [3.63, 3.8) is 0 Å². The van der Waals surface area contributed by atoms with E-state index in [-0.39, 0.29) is 18.1 Å². The molecule has 0 amide bonds. The highest BCUT2D eigenvalue weighted by Gasteiger charge is 2.36. The number of hydrogen-bond donors (Lipinski definition) is 0. The highest BCUT2D eigenvalue weighted by molar-refractivity contribution is 5.95. The predicted octanol–water partition coefficient (Wildman–Crippen LogP) is 7.28. The first kappa shape index (κ1) is 28.2. The fraction of sp³-hybridized carbons (Fsp3) is 0.515. The third-order valence-electron chi connectivity index (χ3n) is 8.69. The number of rotatable bonds is 6. The summed E-state index contributed by atoms with van der Waals surface area (Å²) in [7, 11) is 3.12. The number of esters is 1. The maximum absolute atomic E-state index is 13.1. The molecule has 0 bridgehead atoms. The first-order valence-electron chi connectivity index (χ1n) is 14.4. The molecule has 0 N–H and O–H groups in total. The summed E-state index contributed by atoms with van der Waals surface area (Å²) < 4.78 is 18.1. The van der Waals surface area contributed by atoms with Crippen LogP contribution in [0.5, 0.6) is 5.75 Å². The van der Waals surface area contributed by atoms with E-state index in [0.717, 1.165) is 46.7 Å².